The molecule has 35 heavy (non-hydrogen) atoms. The third kappa shape index (κ3) is 5.00. The summed E-state index contributed by atoms with van der Waals surface area (Å²) in [6.45, 7) is 10.0. The number of fused-ring (bicyclic) bond motifs is 1. The van der Waals surface area contributed by atoms with Crippen molar-refractivity contribution in [2.75, 3.05) is 19.0 Å². The quantitative estimate of drug-likeness (QED) is 0.540. The molecule has 3 aromatic heterocycles. The largest absolute Gasteiger partial charge is 0.467 e. The number of carbonyl (C=O) groups is 2. The molecule has 1 N–H and O–H groups in total. The number of anilines is 1. The number of methoxy groups -OCH3 is 1. The van der Waals surface area contributed by atoms with Gasteiger partial charge in [-0.3, -0.25) is 4.90 Å². The van der Waals surface area contributed by atoms with Crippen LogP contribution in [-0.4, -0.2) is 77.8 Å². The summed E-state index contributed by atoms with van der Waals surface area (Å²) in [4.78, 5) is 48.8. The minimum atomic E-state index is -0.766. The molecule has 1 saturated heterocycles. The van der Waals surface area contributed by atoms with Crippen LogP contribution in [0.15, 0.2) is 18.7 Å². The van der Waals surface area contributed by atoms with Gasteiger partial charge >= 0.3 is 12.1 Å². The normalized spacial score (nSPS) is 18.1. The number of nitrogens with one attached hydrogen (secondary N) is 1. The van der Waals surface area contributed by atoms with Gasteiger partial charge in [-0.05, 0) is 34.6 Å². The summed E-state index contributed by atoms with van der Waals surface area (Å²) in [5, 5.41) is 3.35. The highest BCUT2D eigenvalue weighted by Crippen LogP contribution is 2.29. The number of hydrogen-bond acceptors (Lipinski definition) is 10. The first-order valence-electron chi connectivity index (χ1n) is 11.5. The highest BCUT2D eigenvalue weighted by molar-refractivity contribution is 5.87. The summed E-state index contributed by atoms with van der Waals surface area (Å²) in [5.41, 5.74) is 1.32. The lowest BCUT2D eigenvalue weighted by atomic mass is 10.1. The molecule has 12 heteroatoms. The molecule has 2 atom stereocenters. The SMILES string of the molecule is CCn1c(-c2cnc(C)nc2)nc2c(NC3CC(C(=O)OC)N(C(=O)OC(C)(C)C)C3)ncnc21. The van der Waals surface area contributed by atoms with E-state index in [1.54, 1.807) is 33.2 Å². The van der Waals surface area contributed by atoms with Crippen LogP contribution >= 0.6 is 0 Å². The molecule has 0 saturated carbocycles. The van der Waals surface area contributed by atoms with Crippen molar-refractivity contribution in [3.8, 4) is 11.4 Å². The van der Waals surface area contributed by atoms with Crippen molar-refractivity contribution in [2.45, 2.75) is 65.3 Å². The van der Waals surface area contributed by atoms with E-state index in [1.165, 1.54) is 18.3 Å². The van der Waals surface area contributed by atoms with Crippen molar-refractivity contribution in [1.29, 1.82) is 0 Å². The van der Waals surface area contributed by atoms with Crippen LogP contribution in [0.25, 0.3) is 22.6 Å². The van der Waals surface area contributed by atoms with Gasteiger partial charge in [-0.1, -0.05) is 0 Å². The smallest absolute Gasteiger partial charge is 0.411 e. The summed E-state index contributed by atoms with van der Waals surface area (Å²) in [6.07, 6.45) is 4.69. The van der Waals surface area contributed by atoms with Crippen molar-refractivity contribution in [3.05, 3.63) is 24.5 Å². The average molecular weight is 483 g/mol. The van der Waals surface area contributed by atoms with Gasteiger partial charge in [0.25, 0.3) is 0 Å². The third-order valence-electron chi connectivity index (χ3n) is 5.63. The summed E-state index contributed by atoms with van der Waals surface area (Å²) in [7, 11) is 1.30. The lowest BCUT2D eigenvalue weighted by molar-refractivity contribution is -0.145. The molecule has 1 amide bonds. The van der Waals surface area contributed by atoms with E-state index < -0.39 is 23.7 Å². The predicted octanol–water partition coefficient (Wildman–Crippen LogP) is 2.57. The van der Waals surface area contributed by atoms with Crippen molar-refractivity contribution in [1.82, 2.24) is 34.4 Å². The molecule has 0 bridgehead atoms. The number of aromatic nitrogens is 6. The first-order chi connectivity index (χ1) is 16.6. The second-order valence-corrected chi connectivity index (χ2v) is 9.34. The van der Waals surface area contributed by atoms with Gasteiger partial charge in [0, 0.05) is 37.9 Å². The van der Waals surface area contributed by atoms with Gasteiger partial charge in [-0.25, -0.2) is 34.5 Å². The summed E-state index contributed by atoms with van der Waals surface area (Å²) >= 11 is 0. The molecule has 1 aliphatic rings. The summed E-state index contributed by atoms with van der Waals surface area (Å²) < 4.78 is 12.4. The Kier molecular flexibility index (Phi) is 6.55. The number of amides is 1. The molecule has 3 aromatic rings. The van der Waals surface area contributed by atoms with Gasteiger partial charge in [-0.2, -0.15) is 0 Å². The van der Waals surface area contributed by atoms with Crippen LogP contribution in [0.3, 0.4) is 0 Å². The van der Waals surface area contributed by atoms with E-state index in [4.69, 9.17) is 14.5 Å². The molecule has 1 fully saturated rings. The maximum absolute atomic E-state index is 12.8. The third-order valence-corrected chi connectivity index (χ3v) is 5.63. The maximum atomic E-state index is 12.8. The molecule has 12 nitrogen and oxygen atoms in total. The van der Waals surface area contributed by atoms with Gasteiger partial charge in [0.15, 0.2) is 17.0 Å². The fraction of sp³-hybridized carbons (Fsp3) is 0.522. The number of esters is 1. The number of nitrogens with zero attached hydrogens (tertiary/aromatic N) is 7. The standard InChI is InChI=1S/C23H30N8O4/c1-7-30-19(14-9-24-13(2)25-10-14)29-17-18(26-12-27-20(17)30)28-15-8-16(21(32)34-6)31(11-15)22(33)35-23(3,4)5/h9-10,12,15-16H,7-8,11H2,1-6H3,(H,26,27,28). The molecule has 4 heterocycles. The number of hydrogen-bond donors (Lipinski definition) is 1. The fourth-order valence-electron chi connectivity index (χ4n) is 4.09. The Morgan fingerprint density at radius 2 is 1.89 bits per heavy atom. The van der Waals surface area contributed by atoms with Crippen molar-refractivity contribution in [2.24, 2.45) is 0 Å². The van der Waals surface area contributed by atoms with Crippen LogP contribution in [0.5, 0.6) is 0 Å². The number of rotatable bonds is 5. The number of likely N-dealkylation sites (tertiary alicyclic amines) is 1. The van der Waals surface area contributed by atoms with Crippen LogP contribution in [-0.2, 0) is 20.8 Å². The van der Waals surface area contributed by atoms with E-state index in [0.717, 1.165) is 5.56 Å². The fourth-order valence-corrected chi connectivity index (χ4v) is 4.09. The minimum Gasteiger partial charge on any atom is -0.467 e. The van der Waals surface area contributed by atoms with E-state index in [9.17, 15) is 9.59 Å². The van der Waals surface area contributed by atoms with Gasteiger partial charge < -0.3 is 19.4 Å². The molecule has 2 unspecified atom stereocenters. The monoisotopic (exact) mass is 482 g/mol. The molecule has 0 spiro atoms. The van der Waals surface area contributed by atoms with E-state index in [0.29, 0.717) is 41.6 Å². The van der Waals surface area contributed by atoms with Crippen LogP contribution in [0.4, 0.5) is 10.6 Å². The van der Waals surface area contributed by atoms with Crippen molar-refractivity contribution >= 4 is 29.0 Å². The van der Waals surface area contributed by atoms with Gasteiger partial charge in [0.1, 0.15) is 29.6 Å². The Labute approximate surface area is 203 Å². The second-order valence-electron chi connectivity index (χ2n) is 9.34. The van der Waals surface area contributed by atoms with Crippen LogP contribution in [0.1, 0.15) is 39.9 Å². The number of ether oxygens (including phenoxy) is 2. The minimum absolute atomic E-state index is 0.243. The van der Waals surface area contributed by atoms with E-state index in [-0.39, 0.29) is 12.6 Å². The van der Waals surface area contributed by atoms with Gasteiger partial charge in [0.05, 0.1) is 12.7 Å². The highest BCUT2D eigenvalue weighted by atomic mass is 16.6. The summed E-state index contributed by atoms with van der Waals surface area (Å²) in [6, 6.07) is -1.04. The van der Waals surface area contributed by atoms with E-state index in [1.807, 2.05) is 18.4 Å². The Bertz CT molecular complexity index is 1230. The zero-order chi connectivity index (χ0) is 25.3. The molecule has 4 rings (SSSR count). The molecule has 0 aliphatic carbocycles. The van der Waals surface area contributed by atoms with Gasteiger partial charge in [0.2, 0.25) is 0 Å². The second kappa shape index (κ2) is 9.43. The lowest BCUT2D eigenvalue weighted by Crippen LogP contribution is -2.44. The average Bonchev–Trinajstić information content (AvgIpc) is 3.40. The number of carbonyl (C=O) groups excluding carboxylic acids is 2. The molecule has 0 radical (unpaired) electrons. The van der Waals surface area contributed by atoms with E-state index in [2.05, 4.69) is 25.3 Å². The number of aryl methyl sites for hydroxylation is 2. The Morgan fingerprint density at radius 3 is 2.51 bits per heavy atom. The first-order valence-corrected chi connectivity index (χ1v) is 11.5. The maximum Gasteiger partial charge on any atom is 0.411 e. The zero-order valence-corrected chi connectivity index (χ0v) is 20.8. The topological polar surface area (TPSA) is 137 Å². The lowest BCUT2D eigenvalue weighted by Gasteiger charge is -2.27. The van der Waals surface area contributed by atoms with Gasteiger partial charge in [-0.15, -0.1) is 0 Å². The van der Waals surface area contributed by atoms with Crippen LogP contribution in [0, 0.1) is 6.92 Å². The number of imidazole rings is 1. The van der Waals surface area contributed by atoms with Crippen LogP contribution in [0.2, 0.25) is 0 Å². The molecule has 186 valence electrons. The predicted molar refractivity (Wildman–Crippen MR) is 128 cm³/mol. The summed E-state index contributed by atoms with van der Waals surface area (Å²) in [5.74, 6) is 1.37. The van der Waals surface area contributed by atoms with Crippen molar-refractivity contribution in [3.63, 3.8) is 0 Å². The zero-order valence-electron chi connectivity index (χ0n) is 20.8. The molecule has 0 aromatic carbocycles. The first kappa shape index (κ1) is 24.3. The van der Waals surface area contributed by atoms with Crippen molar-refractivity contribution < 1.29 is 19.1 Å². The molecular formula is C23H30N8O4. The highest BCUT2D eigenvalue weighted by Gasteiger charge is 2.42. The molecular weight excluding hydrogens is 452 g/mol. The Hall–Kier alpha value is -3.83. The Morgan fingerprint density at radius 1 is 1.17 bits per heavy atom. The Balaban J connectivity index is 1.64. The van der Waals surface area contributed by atoms with E-state index >= 15 is 0 Å². The van der Waals surface area contributed by atoms with Crippen LogP contribution < -0.4 is 5.32 Å². The molecule has 1 aliphatic heterocycles.